The first-order chi connectivity index (χ1) is 14.8. The van der Waals surface area contributed by atoms with Crippen LogP contribution in [0.15, 0.2) is 18.2 Å². The summed E-state index contributed by atoms with van der Waals surface area (Å²) in [6, 6.07) is 5.26. The summed E-state index contributed by atoms with van der Waals surface area (Å²) in [5.74, 6) is -0.398. The number of carbonyl (C=O) groups is 4. The summed E-state index contributed by atoms with van der Waals surface area (Å²) in [5.41, 5.74) is 1.83. The quantitative estimate of drug-likeness (QED) is 0.585. The van der Waals surface area contributed by atoms with Crippen LogP contribution in [0.2, 0.25) is 0 Å². The van der Waals surface area contributed by atoms with Gasteiger partial charge >= 0.3 is 0 Å². The van der Waals surface area contributed by atoms with E-state index in [-0.39, 0.29) is 30.2 Å². The molecule has 8 nitrogen and oxygen atoms in total. The number of benzene rings is 1. The minimum Gasteiger partial charge on any atom is -0.342 e. The average Bonchev–Trinajstić information content (AvgIpc) is 2.99. The number of carbonyl (C=O) groups excluding carboxylic acids is 4. The fourth-order valence-electron chi connectivity index (χ4n) is 4.18. The van der Waals surface area contributed by atoms with Gasteiger partial charge in [0.2, 0.25) is 11.8 Å². The van der Waals surface area contributed by atoms with Crippen LogP contribution >= 0.6 is 0 Å². The molecule has 2 aliphatic heterocycles. The van der Waals surface area contributed by atoms with Crippen molar-refractivity contribution in [3.8, 4) is 0 Å². The van der Waals surface area contributed by atoms with Crippen LogP contribution in [0.3, 0.4) is 0 Å². The van der Waals surface area contributed by atoms with Crippen LogP contribution in [-0.2, 0) is 9.59 Å². The van der Waals surface area contributed by atoms with Gasteiger partial charge < -0.3 is 9.80 Å². The summed E-state index contributed by atoms with van der Waals surface area (Å²) in [4.78, 5) is 56.8. The van der Waals surface area contributed by atoms with Crippen molar-refractivity contribution in [3.63, 3.8) is 0 Å². The number of nitrogens with zero attached hydrogens (tertiary/aromatic N) is 4. The fourth-order valence-corrected chi connectivity index (χ4v) is 4.18. The predicted octanol–water partition coefficient (Wildman–Crippen LogP) is 1.38. The van der Waals surface area contributed by atoms with Gasteiger partial charge in [-0.2, -0.15) is 0 Å². The molecule has 0 aliphatic carbocycles. The van der Waals surface area contributed by atoms with Crippen LogP contribution in [0.4, 0.5) is 0 Å². The highest BCUT2D eigenvalue weighted by molar-refractivity contribution is 6.21. The Morgan fingerprint density at radius 1 is 0.968 bits per heavy atom. The third-order valence-electron chi connectivity index (χ3n) is 6.10. The van der Waals surface area contributed by atoms with Gasteiger partial charge in [-0.3, -0.25) is 29.0 Å². The molecule has 1 fully saturated rings. The summed E-state index contributed by atoms with van der Waals surface area (Å²) in [7, 11) is 0. The highest BCUT2D eigenvalue weighted by Crippen LogP contribution is 2.24. The van der Waals surface area contributed by atoms with Crippen molar-refractivity contribution >= 4 is 23.6 Å². The molecule has 0 radical (unpaired) electrons. The summed E-state index contributed by atoms with van der Waals surface area (Å²) in [6.07, 6.45) is 0.745. The molecule has 0 N–H and O–H groups in total. The van der Waals surface area contributed by atoms with Gasteiger partial charge in [-0.1, -0.05) is 11.6 Å². The SMILES string of the molecule is CCN(CC)C(=O)CN1CCN(C(=O)CCCN2C(=O)c3ccc(C)cc3C2=O)CC1. The molecule has 0 aromatic heterocycles. The van der Waals surface area contributed by atoms with Gasteiger partial charge in [-0.25, -0.2) is 0 Å². The molecular weight excluding hydrogens is 396 g/mol. The van der Waals surface area contributed by atoms with Crippen molar-refractivity contribution in [1.82, 2.24) is 19.6 Å². The van der Waals surface area contributed by atoms with E-state index in [2.05, 4.69) is 4.90 Å². The lowest BCUT2D eigenvalue weighted by atomic mass is 10.1. The maximum absolute atomic E-state index is 12.6. The number of amides is 4. The molecule has 8 heteroatoms. The van der Waals surface area contributed by atoms with E-state index in [1.807, 2.05) is 36.6 Å². The summed E-state index contributed by atoms with van der Waals surface area (Å²) in [5, 5.41) is 0. The molecule has 0 unspecified atom stereocenters. The summed E-state index contributed by atoms with van der Waals surface area (Å²) >= 11 is 0. The number of likely N-dealkylation sites (N-methyl/N-ethyl adjacent to an activating group) is 1. The molecule has 1 saturated heterocycles. The van der Waals surface area contributed by atoms with Crippen molar-refractivity contribution in [1.29, 1.82) is 0 Å². The zero-order valence-electron chi connectivity index (χ0n) is 18.7. The van der Waals surface area contributed by atoms with Gasteiger partial charge in [0, 0.05) is 52.2 Å². The number of imide groups is 1. The Morgan fingerprint density at radius 2 is 1.61 bits per heavy atom. The molecule has 0 saturated carbocycles. The van der Waals surface area contributed by atoms with Crippen molar-refractivity contribution in [2.45, 2.75) is 33.6 Å². The van der Waals surface area contributed by atoms with Gasteiger partial charge in [-0.15, -0.1) is 0 Å². The van der Waals surface area contributed by atoms with E-state index in [1.54, 1.807) is 12.1 Å². The van der Waals surface area contributed by atoms with Crippen molar-refractivity contribution in [2.24, 2.45) is 0 Å². The predicted molar refractivity (Wildman–Crippen MR) is 117 cm³/mol. The lowest BCUT2D eigenvalue weighted by Gasteiger charge is -2.35. The average molecular weight is 429 g/mol. The summed E-state index contributed by atoms with van der Waals surface area (Å²) in [6.45, 7) is 10.4. The third kappa shape index (κ3) is 5.12. The van der Waals surface area contributed by atoms with Crippen LogP contribution < -0.4 is 0 Å². The highest BCUT2D eigenvalue weighted by Gasteiger charge is 2.35. The minimum atomic E-state index is -0.279. The smallest absolute Gasteiger partial charge is 0.261 e. The topological polar surface area (TPSA) is 81.2 Å². The van der Waals surface area contributed by atoms with Crippen LogP contribution in [0.5, 0.6) is 0 Å². The zero-order chi connectivity index (χ0) is 22.5. The van der Waals surface area contributed by atoms with E-state index in [9.17, 15) is 19.2 Å². The van der Waals surface area contributed by atoms with E-state index in [4.69, 9.17) is 0 Å². The maximum atomic E-state index is 12.6. The Hall–Kier alpha value is -2.74. The minimum absolute atomic E-state index is 0.0298. The van der Waals surface area contributed by atoms with Gasteiger partial charge in [-0.05, 0) is 39.3 Å². The van der Waals surface area contributed by atoms with E-state index >= 15 is 0 Å². The number of hydrogen-bond donors (Lipinski definition) is 0. The molecule has 0 bridgehead atoms. The number of hydrogen-bond acceptors (Lipinski definition) is 5. The maximum Gasteiger partial charge on any atom is 0.261 e. The van der Waals surface area contributed by atoms with Crippen LogP contribution in [0, 0.1) is 6.92 Å². The Bertz CT molecular complexity index is 857. The molecule has 3 rings (SSSR count). The number of aryl methyl sites for hydroxylation is 1. The van der Waals surface area contributed by atoms with E-state index in [0.29, 0.717) is 69.8 Å². The molecule has 1 aromatic carbocycles. The monoisotopic (exact) mass is 428 g/mol. The Labute approximate surface area is 183 Å². The first-order valence-corrected chi connectivity index (χ1v) is 11.1. The Morgan fingerprint density at radius 3 is 2.26 bits per heavy atom. The molecule has 0 spiro atoms. The van der Waals surface area contributed by atoms with Gasteiger partial charge in [0.15, 0.2) is 0 Å². The second kappa shape index (κ2) is 10.0. The lowest BCUT2D eigenvalue weighted by molar-refractivity contribution is -0.135. The molecule has 168 valence electrons. The standard InChI is InChI=1S/C23H32N4O4/c1-4-25(5-2)21(29)16-24-11-13-26(14-12-24)20(28)7-6-10-27-22(30)18-9-8-17(3)15-19(18)23(27)31/h8-9,15H,4-7,10-14,16H2,1-3H3. The van der Waals surface area contributed by atoms with Crippen LogP contribution in [-0.4, -0.2) is 95.6 Å². The first-order valence-electron chi connectivity index (χ1n) is 11.1. The second-order valence-electron chi connectivity index (χ2n) is 8.14. The van der Waals surface area contributed by atoms with Crippen molar-refractivity contribution in [2.75, 3.05) is 52.4 Å². The van der Waals surface area contributed by atoms with Crippen molar-refractivity contribution < 1.29 is 19.2 Å². The van der Waals surface area contributed by atoms with Crippen LogP contribution in [0.25, 0.3) is 0 Å². The zero-order valence-corrected chi connectivity index (χ0v) is 18.7. The van der Waals surface area contributed by atoms with Crippen LogP contribution in [0.1, 0.15) is 53.0 Å². The first kappa shape index (κ1) is 22.9. The number of rotatable bonds is 8. The van der Waals surface area contributed by atoms with Gasteiger partial charge in [0.1, 0.15) is 0 Å². The Kier molecular flexibility index (Phi) is 7.43. The Balaban J connectivity index is 1.42. The molecule has 4 amide bonds. The molecule has 2 heterocycles. The number of piperazine rings is 1. The number of fused-ring (bicyclic) bond motifs is 1. The molecule has 0 atom stereocenters. The second-order valence-corrected chi connectivity index (χ2v) is 8.14. The molecule has 2 aliphatic rings. The lowest BCUT2D eigenvalue weighted by Crippen LogP contribution is -2.51. The fraction of sp³-hybridized carbons (Fsp3) is 0.565. The van der Waals surface area contributed by atoms with Gasteiger partial charge in [0.05, 0.1) is 17.7 Å². The molecule has 1 aromatic rings. The van der Waals surface area contributed by atoms with E-state index in [0.717, 1.165) is 5.56 Å². The third-order valence-corrected chi connectivity index (χ3v) is 6.10. The normalized spacial score (nSPS) is 16.6. The van der Waals surface area contributed by atoms with Crippen molar-refractivity contribution in [3.05, 3.63) is 34.9 Å². The largest absolute Gasteiger partial charge is 0.342 e. The van der Waals surface area contributed by atoms with E-state index in [1.165, 1.54) is 4.90 Å². The molecule has 31 heavy (non-hydrogen) atoms. The van der Waals surface area contributed by atoms with E-state index < -0.39 is 0 Å². The summed E-state index contributed by atoms with van der Waals surface area (Å²) < 4.78 is 0. The molecular formula is C23H32N4O4. The van der Waals surface area contributed by atoms with Gasteiger partial charge in [0.25, 0.3) is 11.8 Å². The highest BCUT2D eigenvalue weighted by atomic mass is 16.2.